The summed E-state index contributed by atoms with van der Waals surface area (Å²) in [4.78, 5) is 11.8. The van der Waals surface area contributed by atoms with Crippen molar-refractivity contribution >= 4 is 17.5 Å². The van der Waals surface area contributed by atoms with Crippen molar-refractivity contribution in [3.05, 3.63) is 29.6 Å². The molecule has 0 aliphatic carbocycles. The van der Waals surface area contributed by atoms with E-state index < -0.39 is 11.7 Å². The van der Waals surface area contributed by atoms with Crippen molar-refractivity contribution in [2.24, 2.45) is 0 Å². The van der Waals surface area contributed by atoms with Gasteiger partial charge in [0.2, 0.25) is 0 Å². The Bertz CT molecular complexity index is 415. The predicted octanol–water partition coefficient (Wildman–Crippen LogP) is 2.21. The molecule has 0 unspecified atom stereocenters. The van der Waals surface area contributed by atoms with E-state index in [9.17, 15) is 9.18 Å². The monoisotopic (exact) mass is 289 g/mol. The maximum Gasteiger partial charge on any atom is 0.258 e. The summed E-state index contributed by atoms with van der Waals surface area (Å²) in [5.74, 6) is -0.433. The minimum Gasteiger partial charge on any atom is -0.496 e. The fourth-order valence-corrected chi connectivity index (χ4v) is 1.63. The Kier molecular flexibility index (Phi) is 7.22. The van der Waals surface area contributed by atoms with Gasteiger partial charge in [0.1, 0.15) is 17.1 Å². The quantitative estimate of drug-likeness (QED) is 0.590. The first kappa shape index (κ1) is 15.7. The summed E-state index contributed by atoms with van der Waals surface area (Å²) >= 11 is 5.45. The van der Waals surface area contributed by atoms with Crippen LogP contribution in [0.1, 0.15) is 16.8 Å². The zero-order valence-corrected chi connectivity index (χ0v) is 11.5. The third-order valence-corrected chi connectivity index (χ3v) is 2.55. The molecule has 0 atom stereocenters. The van der Waals surface area contributed by atoms with Crippen LogP contribution < -0.4 is 10.1 Å². The van der Waals surface area contributed by atoms with Crippen molar-refractivity contribution in [2.45, 2.75) is 6.42 Å². The number of hydrogen-bond acceptors (Lipinski definition) is 3. The lowest BCUT2D eigenvalue weighted by Gasteiger charge is -2.10. The number of halogens is 2. The fraction of sp³-hybridized carbons (Fsp3) is 0.462. The van der Waals surface area contributed by atoms with Crippen LogP contribution in [-0.2, 0) is 4.74 Å². The van der Waals surface area contributed by atoms with E-state index in [4.69, 9.17) is 21.1 Å². The van der Waals surface area contributed by atoms with Crippen LogP contribution in [-0.4, -0.2) is 38.7 Å². The lowest BCUT2D eigenvalue weighted by atomic mass is 10.1. The highest BCUT2D eigenvalue weighted by Gasteiger charge is 2.16. The van der Waals surface area contributed by atoms with Gasteiger partial charge >= 0.3 is 0 Å². The van der Waals surface area contributed by atoms with Gasteiger partial charge in [-0.1, -0.05) is 6.07 Å². The largest absolute Gasteiger partial charge is 0.496 e. The van der Waals surface area contributed by atoms with Crippen LogP contribution in [0.15, 0.2) is 18.2 Å². The van der Waals surface area contributed by atoms with Crippen molar-refractivity contribution in [1.29, 1.82) is 0 Å². The molecular formula is C13H17ClFNO3. The van der Waals surface area contributed by atoms with Crippen LogP contribution in [0.4, 0.5) is 4.39 Å². The highest BCUT2D eigenvalue weighted by molar-refractivity contribution is 6.17. The van der Waals surface area contributed by atoms with Gasteiger partial charge in [-0.25, -0.2) is 4.39 Å². The smallest absolute Gasteiger partial charge is 0.258 e. The second kappa shape index (κ2) is 8.72. The van der Waals surface area contributed by atoms with E-state index in [2.05, 4.69) is 5.32 Å². The van der Waals surface area contributed by atoms with Crippen LogP contribution in [0, 0.1) is 5.82 Å². The molecule has 1 aromatic carbocycles. The molecule has 19 heavy (non-hydrogen) atoms. The van der Waals surface area contributed by atoms with Gasteiger partial charge in [-0.2, -0.15) is 0 Å². The van der Waals surface area contributed by atoms with Gasteiger partial charge in [0.05, 0.1) is 13.7 Å². The highest BCUT2D eigenvalue weighted by Crippen LogP contribution is 2.20. The summed E-state index contributed by atoms with van der Waals surface area (Å²) in [7, 11) is 1.39. The zero-order valence-electron chi connectivity index (χ0n) is 10.7. The fourth-order valence-electron chi connectivity index (χ4n) is 1.52. The number of amides is 1. The molecular weight excluding hydrogens is 273 g/mol. The normalized spacial score (nSPS) is 10.3. The minimum absolute atomic E-state index is 0.0772. The third-order valence-electron chi connectivity index (χ3n) is 2.39. The van der Waals surface area contributed by atoms with Crippen molar-refractivity contribution in [1.82, 2.24) is 5.32 Å². The van der Waals surface area contributed by atoms with E-state index in [-0.39, 0.29) is 11.3 Å². The molecule has 1 N–H and O–H groups in total. The number of methoxy groups -OCH3 is 1. The van der Waals surface area contributed by atoms with Crippen LogP contribution >= 0.6 is 11.6 Å². The molecule has 1 rings (SSSR count). The molecule has 0 fully saturated rings. The molecule has 0 saturated carbocycles. The summed E-state index contributed by atoms with van der Waals surface area (Å²) in [5.41, 5.74) is -0.0772. The first-order chi connectivity index (χ1) is 9.20. The number of carbonyl (C=O) groups excluding carboxylic acids is 1. The van der Waals surface area contributed by atoms with Gasteiger partial charge in [-0.3, -0.25) is 4.79 Å². The second-order valence-electron chi connectivity index (χ2n) is 3.73. The first-order valence-corrected chi connectivity index (χ1v) is 6.48. The molecule has 0 radical (unpaired) electrons. The second-order valence-corrected chi connectivity index (χ2v) is 4.11. The molecule has 0 aliphatic heterocycles. The molecule has 0 bridgehead atoms. The molecule has 0 aliphatic rings. The van der Waals surface area contributed by atoms with Gasteiger partial charge in [-0.15, -0.1) is 11.6 Å². The maximum atomic E-state index is 13.6. The minimum atomic E-state index is -0.602. The maximum absolute atomic E-state index is 13.6. The number of ether oxygens (including phenoxy) is 2. The topological polar surface area (TPSA) is 47.6 Å². The van der Waals surface area contributed by atoms with Gasteiger partial charge in [-0.05, 0) is 18.6 Å². The van der Waals surface area contributed by atoms with Gasteiger partial charge in [0.25, 0.3) is 5.91 Å². The average molecular weight is 290 g/mol. The lowest BCUT2D eigenvalue weighted by molar-refractivity contribution is 0.0937. The molecule has 6 heteroatoms. The van der Waals surface area contributed by atoms with Crippen molar-refractivity contribution < 1.29 is 18.7 Å². The molecule has 106 valence electrons. The van der Waals surface area contributed by atoms with E-state index in [1.54, 1.807) is 6.07 Å². The van der Waals surface area contributed by atoms with E-state index in [1.807, 2.05) is 0 Å². The SMILES string of the molecule is COc1cccc(F)c1C(=O)NCCCOCCCl. The molecule has 0 saturated heterocycles. The predicted molar refractivity (Wildman–Crippen MR) is 71.4 cm³/mol. The molecule has 1 aromatic rings. The Labute approximate surface area is 116 Å². The number of hydrogen-bond donors (Lipinski definition) is 1. The number of nitrogens with one attached hydrogen (secondary N) is 1. The van der Waals surface area contributed by atoms with Crippen LogP contribution in [0.2, 0.25) is 0 Å². The Balaban J connectivity index is 2.45. The van der Waals surface area contributed by atoms with E-state index in [0.29, 0.717) is 32.1 Å². The van der Waals surface area contributed by atoms with E-state index in [1.165, 1.54) is 19.2 Å². The number of rotatable bonds is 8. The Morgan fingerprint density at radius 1 is 1.42 bits per heavy atom. The summed E-state index contributed by atoms with van der Waals surface area (Å²) in [5, 5.41) is 2.62. The summed E-state index contributed by atoms with van der Waals surface area (Å²) < 4.78 is 23.7. The number of benzene rings is 1. The third kappa shape index (κ3) is 5.04. The lowest BCUT2D eigenvalue weighted by Crippen LogP contribution is -2.26. The average Bonchev–Trinajstić information content (AvgIpc) is 2.42. The molecule has 0 heterocycles. The number of alkyl halides is 1. The summed E-state index contributed by atoms with van der Waals surface area (Å²) in [6, 6.07) is 4.26. The summed E-state index contributed by atoms with van der Waals surface area (Å²) in [6.07, 6.45) is 0.638. The first-order valence-electron chi connectivity index (χ1n) is 5.95. The molecule has 0 spiro atoms. The Morgan fingerprint density at radius 3 is 2.89 bits per heavy atom. The molecule has 1 amide bonds. The van der Waals surface area contributed by atoms with Gasteiger partial charge < -0.3 is 14.8 Å². The standard InChI is InChI=1S/C13H17ClFNO3/c1-18-11-5-2-4-10(15)12(11)13(17)16-7-3-8-19-9-6-14/h2,4-5H,3,6-9H2,1H3,(H,16,17). The summed E-state index contributed by atoms with van der Waals surface area (Å²) in [6.45, 7) is 1.39. The van der Waals surface area contributed by atoms with E-state index >= 15 is 0 Å². The molecule has 4 nitrogen and oxygen atoms in total. The Morgan fingerprint density at radius 2 is 2.21 bits per heavy atom. The van der Waals surface area contributed by atoms with Gasteiger partial charge in [0, 0.05) is 19.0 Å². The van der Waals surface area contributed by atoms with Crippen molar-refractivity contribution in [3.8, 4) is 5.75 Å². The Hall–Kier alpha value is -1.33. The number of carbonyl (C=O) groups is 1. The van der Waals surface area contributed by atoms with Crippen molar-refractivity contribution in [3.63, 3.8) is 0 Å². The van der Waals surface area contributed by atoms with Crippen molar-refractivity contribution in [2.75, 3.05) is 32.7 Å². The van der Waals surface area contributed by atoms with Gasteiger partial charge in [0.15, 0.2) is 0 Å². The highest BCUT2D eigenvalue weighted by atomic mass is 35.5. The molecule has 0 aromatic heterocycles. The van der Waals surface area contributed by atoms with Crippen LogP contribution in [0.5, 0.6) is 5.75 Å². The van der Waals surface area contributed by atoms with Crippen LogP contribution in [0.25, 0.3) is 0 Å². The zero-order chi connectivity index (χ0) is 14.1. The van der Waals surface area contributed by atoms with E-state index in [0.717, 1.165) is 0 Å². The van der Waals surface area contributed by atoms with Crippen LogP contribution in [0.3, 0.4) is 0 Å².